The van der Waals surface area contributed by atoms with Gasteiger partial charge in [0.2, 0.25) is 0 Å². The summed E-state index contributed by atoms with van der Waals surface area (Å²) >= 11 is 0. The molecule has 0 atom stereocenters. The van der Waals surface area contributed by atoms with E-state index in [2.05, 4.69) is 10.3 Å². The normalized spacial score (nSPS) is 10.5. The molecule has 3 rings (SSSR count). The van der Waals surface area contributed by atoms with Crippen LogP contribution in [-0.4, -0.2) is 16.0 Å². The molecular weight excluding hydrogens is 264 g/mol. The number of carbonyl (C=O) groups excluding carboxylic acids is 1. The number of aromatic hydroxyl groups is 1. The molecule has 0 spiro atoms. The number of rotatable bonds is 2. The second-order valence-electron chi connectivity index (χ2n) is 4.83. The number of hydrogen-bond donors (Lipinski definition) is 2. The monoisotopic (exact) mass is 278 g/mol. The fourth-order valence-electron chi connectivity index (χ4n) is 2.27. The largest absolute Gasteiger partial charge is 0.508 e. The van der Waals surface area contributed by atoms with Gasteiger partial charge in [-0.15, -0.1) is 0 Å². The van der Waals surface area contributed by atoms with Crippen molar-refractivity contribution in [3.63, 3.8) is 0 Å². The molecule has 0 radical (unpaired) electrons. The van der Waals surface area contributed by atoms with E-state index in [1.807, 2.05) is 43.3 Å². The highest BCUT2D eigenvalue weighted by molar-refractivity contribution is 6.09. The predicted octanol–water partition coefficient (Wildman–Crippen LogP) is 3.50. The summed E-state index contributed by atoms with van der Waals surface area (Å²) in [5.74, 6) is -0.324. The third-order valence-electron chi connectivity index (χ3n) is 3.35. The first kappa shape index (κ1) is 13.1. The van der Waals surface area contributed by atoms with Crippen LogP contribution in [0.5, 0.6) is 5.75 Å². The highest BCUT2D eigenvalue weighted by Crippen LogP contribution is 2.27. The van der Waals surface area contributed by atoms with Crippen LogP contribution in [0.15, 0.2) is 54.7 Å². The zero-order chi connectivity index (χ0) is 14.8. The van der Waals surface area contributed by atoms with Gasteiger partial charge in [0.15, 0.2) is 0 Å². The minimum atomic E-state index is -0.342. The number of nitrogens with one attached hydrogen (secondary N) is 1. The van der Waals surface area contributed by atoms with Crippen LogP contribution in [0.25, 0.3) is 10.8 Å². The Morgan fingerprint density at radius 2 is 1.95 bits per heavy atom. The predicted molar refractivity (Wildman–Crippen MR) is 82.5 cm³/mol. The maximum atomic E-state index is 12.3. The number of nitrogens with zero attached hydrogens (tertiary/aromatic N) is 1. The Bertz CT molecular complexity index is 828. The second-order valence-corrected chi connectivity index (χ2v) is 4.83. The number of fused-ring (bicyclic) bond motifs is 1. The highest BCUT2D eigenvalue weighted by Gasteiger charge is 2.12. The molecule has 1 amide bonds. The van der Waals surface area contributed by atoms with Gasteiger partial charge in [0.05, 0.1) is 5.69 Å². The van der Waals surface area contributed by atoms with E-state index in [9.17, 15) is 9.90 Å². The number of carbonyl (C=O) groups is 1. The summed E-state index contributed by atoms with van der Waals surface area (Å²) < 4.78 is 0. The highest BCUT2D eigenvalue weighted by atomic mass is 16.3. The summed E-state index contributed by atoms with van der Waals surface area (Å²) in [6.07, 6.45) is 1.40. The number of benzene rings is 2. The van der Waals surface area contributed by atoms with Crippen molar-refractivity contribution in [1.29, 1.82) is 0 Å². The molecule has 4 heteroatoms. The molecule has 0 aliphatic rings. The van der Waals surface area contributed by atoms with Crippen LogP contribution in [0.2, 0.25) is 0 Å². The van der Waals surface area contributed by atoms with E-state index >= 15 is 0 Å². The Morgan fingerprint density at radius 3 is 2.76 bits per heavy atom. The Hall–Kier alpha value is -2.88. The van der Waals surface area contributed by atoms with Gasteiger partial charge in [-0.3, -0.25) is 9.78 Å². The summed E-state index contributed by atoms with van der Waals surface area (Å²) in [7, 11) is 0. The quantitative estimate of drug-likeness (QED) is 0.754. The van der Waals surface area contributed by atoms with Crippen LogP contribution in [0, 0.1) is 6.92 Å². The van der Waals surface area contributed by atoms with Crippen molar-refractivity contribution in [2.75, 3.05) is 5.32 Å². The Kier molecular flexibility index (Phi) is 3.28. The topological polar surface area (TPSA) is 62.2 Å². The zero-order valence-electron chi connectivity index (χ0n) is 11.5. The maximum Gasteiger partial charge on any atom is 0.274 e. The fourth-order valence-corrected chi connectivity index (χ4v) is 2.27. The molecule has 0 aliphatic heterocycles. The lowest BCUT2D eigenvalue weighted by atomic mass is 10.0. The molecule has 0 bridgehead atoms. The molecule has 2 aromatic carbocycles. The van der Waals surface area contributed by atoms with E-state index in [4.69, 9.17) is 0 Å². The van der Waals surface area contributed by atoms with E-state index in [0.717, 1.165) is 22.0 Å². The van der Waals surface area contributed by atoms with Crippen LogP contribution in [-0.2, 0) is 0 Å². The summed E-state index contributed by atoms with van der Waals surface area (Å²) in [5, 5.41) is 14.4. The van der Waals surface area contributed by atoms with Crippen molar-refractivity contribution >= 4 is 22.4 Å². The number of pyridine rings is 1. The lowest BCUT2D eigenvalue weighted by molar-refractivity contribution is 0.102. The molecule has 0 fully saturated rings. The van der Waals surface area contributed by atoms with Gasteiger partial charge in [-0.25, -0.2) is 0 Å². The minimum absolute atomic E-state index is 0.0183. The number of anilines is 1. The summed E-state index contributed by atoms with van der Waals surface area (Å²) in [6.45, 7) is 1.94. The maximum absolute atomic E-state index is 12.3. The summed E-state index contributed by atoms with van der Waals surface area (Å²) in [6, 6.07) is 14.6. The van der Waals surface area contributed by atoms with Gasteiger partial charge in [0.25, 0.3) is 5.91 Å². The van der Waals surface area contributed by atoms with Gasteiger partial charge in [0, 0.05) is 17.6 Å². The molecule has 2 N–H and O–H groups in total. The van der Waals surface area contributed by atoms with E-state index < -0.39 is 0 Å². The Morgan fingerprint density at radius 1 is 1.14 bits per heavy atom. The first-order valence-corrected chi connectivity index (χ1v) is 6.60. The average Bonchev–Trinajstić information content (AvgIpc) is 2.50. The van der Waals surface area contributed by atoms with Crippen LogP contribution in [0.3, 0.4) is 0 Å². The first-order chi connectivity index (χ1) is 10.1. The Balaban J connectivity index is 2.02. The van der Waals surface area contributed by atoms with E-state index in [-0.39, 0.29) is 17.4 Å². The summed E-state index contributed by atoms with van der Waals surface area (Å²) in [5.41, 5.74) is 1.92. The number of aromatic nitrogens is 1. The van der Waals surface area contributed by atoms with Gasteiger partial charge < -0.3 is 10.4 Å². The van der Waals surface area contributed by atoms with E-state index in [0.29, 0.717) is 0 Å². The third kappa shape index (κ3) is 2.56. The Labute approximate surface area is 122 Å². The molecule has 0 saturated carbocycles. The van der Waals surface area contributed by atoms with Gasteiger partial charge in [0.1, 0.15) is 11.4 Å². The van der Waals surface area contributed by atoms with Crippen LogP contribution < -0.4 is 5.32 Å². The van der Waals surface area contributed by atoms with Crippen molar-refractivity contribution < 1.29 is 9.90 Å². The molecule has 1 heterocycles. The lowest BCUT2D eigenvalue weighted by Gasteiger charge is -2.11. The number of aryl methyl sites for hydroxylation is 1. The standard InChI is InChI=1S/C17H14N2O2/c1-11-6-7-12-4-2-3-5-14(12)16(11)19-17(21)15-10-13(20)8-9-18-15/h2-10H,1H3,(H,18,20)(H,19,21). The molecule has 0 saturated heterocycles. The second kappa shape index (κ2) is 5.25. The van der Waals surface area contributed by atoms with E-state index in [1.165, 1.54) is 18.3 Å². The molecule has 0 aliphatic carbocycles. The van der Waals surface area contributed by atoms with Crippen LogP contribution >= 0.6 is 0 Å². The van der Waals surface area contributed by atoms with Crippen molar-refractivity contribution in [3.05, 3.63) is 66.0 Å². The SMILES string of the molecule is Cc1ccc2ccccc2c1NC(=O)c1cc(O)ccn1. The zero-order valence-corrected chi connectivity index (χ0v) is 11.5. The fraction of sp³-hybridized carbons (Fsp3) is 0.0588. The van der Waals surface area contributed by atoms with Crippen molar-refractivity contribution in [3.8, 4) is 5.75 Å². The van der Waals surface area contributed by atoms with Gasteiger partial charge in [-0.1, -0.05) is 36.4 Å². The average molecular weight is 278 g/mol. The van der Waals surface area contributed by atoms with Gasteiger partial charge >= 0.3 is 0 Å². The van der Waals surface area contributed by atoms with Crippen molar-refractivity contribution in [1.82, 2.24) is 4.98 Å². The number of amides is 1. The molecular formula is C17H14N2O2. The molecule has 4 nitrogen and oxygen atoms in total. The minimum Gasteiger partial charge on any atom is -0.508 e. The number of hydrogen-bond acceptors (Lipinski definition) is 3. The van der Waals surface area contributed by atoms with E-state index in [1.54, 1.807) is 0 Å². The molecule has 0 unspecified atom stereocenters. The summed E-state index contributed by atoms with van der Waals surface area (Å²) in [4.78, 5) is 16.3. The van der Waals surface area contributed by atoms with Gasteiger partial charge in [-0.05, 0) is 23.9 Å². The molecule has 104 valence electrons. The molecule has 1 aromatic heterocycles. The third-order valence-corrected chi connectivity index (χ3v) is 3.35. The molecule has 3 aromatic rings. The lowest BCUT2D eigenvalue weighted by Crippen LogP contribution is -2.14. The van der Waals surface area contributed by atoms with Crippen molar-refractivity contribution in [2.24, 2.45) is 0 Å². The first-order valence-electron chi connectivity index (χ1n) is 6.60. The van der Waals surface area contributed by atoms with Crippen molar-refractivity contribution in [2.45, 2.75) is 6.92 Å². The van der Waals surface area contributed by atoms with Crippen LogP contribution in [0.1, 0.15) is 16.1 Å². The van der Waals surface area contributed by atoms with Gasteiger partial charge in [-0.2, -0.15) is 0 Å². The smallest absolute Gasteiger partial charge is 0.274 e. The van der Waals surface area contributed by atoms with Crippen LogP contribution in [0.4, 0.5) is 5.69 Å². The molecule has 21 heavy (non-hydrogen) atoms.